The molecule has 2 rings (SSSR count). The Kier molecular flexibility index (Phi) is 5.96. The first-order valence-electron chi connectivity index (χ1n) is 9.26. The lowest BCUT2D eigenvalue weighted by Crippen LogP contribution is -2.45. The summed E-state index contributed by atoms with van der Waals surface area (Å²) in [6.07, 6.45) is 3.89. The first kappa shape index (κ1) is 21.7. The van der Waals surface area contributed by atoms with Gasteiger partial charge in [0.15, 0.2) is 0 Å². The van der Waals surface area contributed by atoms with Gasteiger partial charge in [-0.1, -0.05) is 0 Å². The van der Waals surface area contributed by atoms with E-state index in [9.17, 15) is 13.2 Å². The summed E-state index contributed by atoms with van der Waals surface area (Å²) < 4.78 is 30.1. The number of carbonyl (C=O) groups excluding carboxylic acids is 1. The highest BCUT2D eigenvalue weighted by atomic mass is 32.2. The van der Waals surface area contributed by atoms with E-state index in [1.54, 1.807) is 11.6 Å². The number of rotatable bonds is 5. The lowest BCUT2D eigenvalue weighted by molar-refractivity contribution is 0.0130. The van der Waals surface area contributed by atoms with Crippen molar-refractivity contribution in [3.8, 4) is 0 Å². The molecule has 0 radical (unpaired) electrons. The smallest absolute Gasteiger partial charge is 0.410 e. The average Bonchev–Trinajstić information content (AvgIpc) is 2.96. The molecule has 0 unspecified atom stereocenters. The number of carbonyl (C=O) groups is 1. The highest BCUT2D eigenvalue weighted by Crippen LogP contribution is 2.36. The van der Waals surface area contributed by atoms with Crippen molar-refractivity contribution >= 4 is 16.1 Å². The summed E-state index contributed by atoms with van der Waals surface area (Å²) in [6.45, 7) is 12.6. The van der Waals surface area contributed by atoms with Crippen LogP contribution in [0.3, 0.4) is 0 Å². The first-order valence-corrected chi connectivity index (χ1v) is 10.8. The van der Waals surface area contributed by atoms with E-state index in [4.69, 9.17) is 9.88 Å². The molecule has 0 bridgehead atoms. The Morgan fingerprint density at radius 1 is 1.41 bits per heavy atom. The molecular weight excluding hydrogens is 368 g/mol. The van der Waals surface area contributed by atoms with Crippen LogP contribution >= 0.6 is 0 Å². The van der Waals surface area contributed by atoms with Crippen LogP contribution < -0.4 is 5.14 Å². The Labute approximate surface area is 162 Å². The normalized spacial score (nSPS) is 20.1. The Balaban J connectivity index is 1.91. The number of hydrogen-bond acceptors (Lipinski definition) is 5. The van der Waals surface area contributed by atoms with Gasteiger partial charge in [-0.05, 0) is 66.7 Å². The predicted octanol–water partition coefficient (Wildman–Crippen LogP) is 2.65. The number of hydrogen-bond donors (Lipinski definition) is 1. The van der Waals surface area contributed by atoms with Crippen molar-refractivity contribution in [1.82, 2.24) is 14.7 Å². The monoisotopic (exact) mass is 400 g/mol. The highest BCUT2D eigenvalue weighted by molar-refractivity contribution is 7.89. The maximum Gasteiger partial charge on any atom is 0.410 e. The molecule has 0 aliphatic carbocycles. The quantitative estimate of drug-likeness (QED) is 0.817. The fraction of sp³-hybridized carbons (Fsp3) is 0.778. The lowest BCUT2D eigenvalue weighted by atomic mass is 9.93. The number of nitrogens with two attached hydrogens (primary N) is 1. The number of sulfonamides is 1. The van der Waals surface area contributed by atoms with E-state index in [2.05, 4.69) is 18.9 Å². The van der Waals surface area contributed by atoms with E-state index in [0.717, 1.165) is 19.3 Å². The predicted molar refractivity (Wildman–Crippen MR) is 103 cm³/mol. The fourth-order valence-electron chi connectivity index (χ4n) is 3.65. The lowest BCUT2D eigenvalue weighted by Gasteiger charge is -2.33. The van der Waals surface area contributed by atoms with E-state index in [0.29, 0.717) is 24.7 Å². The molecule has 27 heavy (non-hydrogen) atoms. The van der Waals surface area contributed by atoms with E-state index >= 15 is 0 Å². The second-order valence-electron chi connectivity index (χ2n) is 9.00. The van der Waals surface area contributed by atoms with Crippen LogP contribution in [0.4, 0.5) is 4.79 Å². The standard InChI is InChI=1S/C18H32N4O4S/c1-13-15(27(19,24)25)12-21(20-13)9-7-8-14-10-18(5,6)22(11-14)16(23)26-17(2,3)4/h12,14H,7-11H2,1-6H3,(H2,19,24,25)/t14-/m0/s1. The van der Waals surface area contributed by atoms with Gasteiger partial charge in [0, 0.05) is 24.8 Å². The molecule has 1 aromatic heterocycles. The van der Waals surface area contributed by atoms with Crippen LogP contribution in [0.2, 0.25) is 0 Å². The topological polar surface area (TPSA) is 108 Å². The van der Waals surface area contributed by atoms with E-state index in [1.807, 2.05) is 25.7 Å². The summed E-state index contributed by atoms with van der Waals surface area (Å²) in [7, 11) is -3.74. The summed E-state index contributed by atoms with van der Waals surface area (Å²) in [5.74, 6) is 0.377. The molecule has 1 aromatic rings. The van der Waals surface area contributed by atoms with Crippen LogP contribution in [0.25, 0.3) is 0 Å². The van der Waals surface area contributed by atoms with Gasteiger partial charge in [-0.2, -0.15) is 5.10 Å². The van der Waals surface area contributed by atoms with Gasteiger partial charge in [-0.3, -0.25) is 4.68 Å². The van der Waals surface area contributed by atoms with E-state index < -0.39 is 15.6 Å². The molecule has 8 nitrogen and oxygen atoms in total. The largest absolute Gasteiger partial charge is 0.444 e. The van der Waals surface area contributed by atoms with Crippen molar-refractivity contribution in [2.45, 2.75) is 83.4 Å². The summed E-state index contributed by atoms with van der Waals surface area (Å²) in [5, 5.41) is 9.41. The van der Waals surface area contributed by atoms with Gasteiger partial charge in [-0.15, -0.1) is 0 Å². The second kappa shape index (κ2) is 7.43. The molecule has 1 amide bonds. The third-order valence-electron chi connectivity index (χ3n) is 4.78. The van der Waals surface area contributed by atoms with Crippen molar-refractivity contribution < 1.29 is 17.9 Å². The number of likely N-dealkylation sites (tertiary alicyclic amines) is 1. The third kappa shape index (κ3) is 5.68. The molecule has 0 spiro atoms. The Morgan fingerprint density at radius 2 is 2.04 bits per heavy atom. The van der Waals surface area contributed by atoms with Crippen molar-refractivity contribution in [3.63, 3.8) is 0 Å². The fourth-order valence-corrected chi connectivity index (χ4v) is 4.38. The zero-order valence-electron chi connectivity index (χ0n) is 17.2. The molecule has 9 heteroatoms. The van der Waals surface area contributed by atoms with Gasteiger partial charge in [0.05, 0.1) is 5.69 Å². The number of primary sulfonamides is 1. The minimum atomic E-state index is -3.74. The molecule has 1 fully saturated rings. The number of aryl methyl sites for hydroxylation is 2. The summed E-state index contributed by atoms with van der Waals surface area (Å²) >= 11 is 0. The van der Waals surface area contributed by atoms with Crippen LogP contribution in [0.5, 0.6) is 0 Å². The third-order valence-corrected chi connectivity index (χ3v) is 5.79. The van der Waals surface area contributed by atoms with Gasteiger partial charge in [0.1, 0.15) is 10.5 Å². The molecule has 0 aromatic carbocycles. The SMILES string of the molecule is Cc1nn(CCC[C@@H]2CN(C(=O)OC(C)(C)C)C(C)(C)C2)cc1S(N)(=O)=O. The van der Waals surface area contributed by atoms with Crippen LogP contribution in [0.1, 0.15) is 59.6 Å². The van der Waals surface area contributed by atoms with Gasteiger partial charge < -0.3 is 9.64 Å². The van der Waals surface area contributed by atoms with E-state index in [-0.39, 0.29) is 16.5 Å². The highest BCUT2D eigenvalue weighted by Gasteiger charge is 2.42. The van der Waals surface area contributed by atoms with Gasteiger partial charge in [0.25, 0.3) is 0 Å². The Bertz CT molecular complexity index is 793. The average molecular weight is 401 g/mol. The minimum absolute atomic E-state index is 0.0700. The molecular formula is C18H32N4O4S. The van der Waals surface area contributed by atoms with Crippen LogP contribution in [0, 0.1) is 12.8 Å². The molecule has 1 atom stereocenters. The molecule has 2 N–H and O–H groups in total. The molecule has 1 aliphatic heterocycles. The number of amides is 1. The van der Waals surface area contributed by atoms with Crippen LogP contribution in [-0.2, 0) is 21.3 Å². The Morgan fingerprint density at radius 3 is 2.56 bits per heavy atom. The minimum Gasteiger partial charge on any atom is -0.444 e. The molecule has 154 valence electrons. The number of aromatic nitrogens is 2. The van der Waals surface area contributed by atoms with Crippen molar-refractivity contribution in [3.05, 3.63) is 11.9 Å². The van der Waals surface area contributed by atoms with Gasteiger partial charge in [0.2, 0.25) is 10.0 Å². The van der Waals surface area contributed by atoms with Crippen molar-refractivity contribution in [2.24, 2.45) is 11.1 Å². The number of nitrogens with zero attached hydrogens (tertiary/aromatic N) is 3. The zero-order chi connectivity index (χ0) is 20.6. The molecule has 1 saturated heterocycles. The summed E-state index contributed by atoms with van der Waals surface area (Å²) in [5.41, 5.74) is -0.337. The maximum atomic E-state index is 12.5. The van der Waals surface area contributed by atoms with E-state index in [1.165, 1.54) is 6.20 Å². The maximum absolute atomic E-state index is 12.5. The molecule has 1 aliphatic rings. The van der Waals surface area contributed by atoms with Gasteiger partial charge in [-0.25, -0.2) is 18.4 Å². The first-order chi connectivity index (χ1) is 12.2. The second-order valence-corrected chi connectivity index (χ2v) is 10.5. The van der Waals surface area contributed by atoms with Gasteiger partial charge >= 0.3 is 6.09 Å². The summed E-state index contributed by atoms with van der Waals surface area (Å²) in [4.78, 5) is 14.4. The van der Waals surface area contributed by atoms with Crippen molar-refractivity contribution in [2.75, 3.05) is 6.54 Å². The summed E-state index contributed by atoms with van der Waals surface area (Å²) in [6, 6.07) is 0. The van der Waals surface area contributed by atoms with Crippen LogP contribution in [0.15, 0.2) is 11.1 Å². The zero-order valence-corrected chi connectivity index (χ0v) is 18.0. The molecule has 0 saturated carbocycles. The van der Waals surface area contributed by atoms with Crippen LogP contribution in [-0.4, -0.2) is 46.9 Å². The Hall–Kier alpha value is -1.61. The number of ether oxygens (including phenoxy) is 1. The molecule has 2 heterocycles. The van der Waals surface area contributed by atoms with Crippen molar-refractivity contribution in [1.29, 1.82) is 0 Å².